The van der Waals surface area contributed by atoms with Crippen molar-refractivity contribution < 1.29 is 14.3 Å². The standard InChI is InChI=1S/C14H18BrNO3S/c1-16(13(17)12-11(15)4-9-20-12)10-2-5-14(6-3-10)18-7-8-19-14/h4,9-10H,2-3,5-8H2,1H3. The molecule has 0 atom stereocenters. The van der Waals surface area contributed by atoms with Crippen LogP contribution in [0.25, 0.3) is 0 Å². The first-order valence-electron chi connectivity index (χ1n) is 6.89. The van der Waals surface area contributed by atoms with Gasteiger partial charge in [0, 0.05) is 30.4 Å². The second-order valence-electron chi connectivity index (χ2n) is 5.35. The van der Waals surface area contributed by atoms with Crippen LogP contribution in [0.15, 0.2) is 15.9 Å². The van der Waals surface area contributed by atoms with E-state index in [1.165, 1.54) is 11.3 Å². The molecule has 1 saturated carbocycles. The van der Waals surface area contributed by atoms with Gasteiger partial charge in [-0.15, -0.1) is 11.3 Å². The minimum atomic E-state index is -0.357. The lowest BCUT2D eigenvalue weighted by molar-refractivity contribution is -0.182. The van der Waals surface area contributed by atoms with Crippen LogP contribution in [0, 0.1) is 0 Å². The first-order valence-corrected chi connectivity index (χ1v) is 8.57. The quantitative estimate of drug-likeness (QED) is 0.813. The van der Waals surface area contributed by atoms with E-state index in [0.717, 1.165) is 35.0 Å². The average molecular weight is 360 g/mol. The molecule has 0 aromatic carbocycles. The maximum absolute atomic E-state index is 12.5. The minimum absolute atomic E-state index is 0.0982. The molecule has 1 aliphatic carbocycles. The van der Waals surface area contributed by atoms with Gasteiger partial charge in [-0.2, -0.15) is 0 Å². The zero-order chi connectivity index (χ0) is 14.2. The van der Waals surface area contributed by atoms with Crippen molar-refractivity contribution in [3.05, 3.63) is 20.8 Å². The number of ether oxygens (including phenoxy) is 2. The highest BCUT2D eigenvalue weighted by molar-refractivity contribution is 9.10. The molecule has 0 bridgehead atoms. The summed E-state index contributed by atoms with van der Waals surface area (Å²) < 4.78 is 12.3. The molecule has 0 radical (unpaired) electrons. The van der Waals surface area contributed by atoms with Crippen LogP contribution < -0.4 is 0 Å². The third-order valence-electron chi connectivity index (χ3n) is 4.21. The van der Waals surface area contributed by atoms with Crippen molar-refractivity contribution in [2.45, 2.75) is 37.5 Å². The van der Waals surface area contributed by atoms with Crippen LogP contribution in [0.1, 0.15) is 35.4 Å². The van der Waals surface area contributed by atoms with Crippen molar-refractivity contribution >= 4 is 33.2 Å². The normalized spacial score (nSPS) is 22.3. The number of carbonyl (C=O) groups is 1. The summed E-state index contributed by atoms with van der Waals surface area (Å²) in [5, 5.41) is 1.93. The number of rotatable bonds is 2. The van der Waals surface area contributed by atoms with Crippen molar-refractivity contribution in [3.63, 3.8) is 0 Å². The van der Waals surface area contributed by atoms with E-state index in [1.54, 1.807) is 0 Å². The SMILES string of the molecule is CN(C(=O)c1sccc1Br)C1CCC2(CC1)OCCO2. The Morgan fingerprint density at radius 3 is 2.60 bits per heavy atom. The van der Waals surface area contributed by atoms with Crippen LogP contribution in [0.3, 0.4) is 0 Å². The van der Waals surface area contributed by atoms with Gasteiger partial charge in [0.05, 0.1) is 13.2 Å². The zero-order valence-corrected chi connectivity index (χ0v) is 13.8. The molecule has 110 valence electrons. The number of thiophene rings is 1. The van der Waals surface area contributed by atoms with Gasteiger partial charge < -0.3 is 14.4 Å². The van der Waals surface area contributed by atoms with Gasteiger partial charge in [0.25, 0.3) is 5.91 Å². The smallest absolute Gasteiger partial charge is 0.265 e. The fraction of sp³-hybridized carbons (Fsp3) is 0.643. The Hall–Kier alpha value is -0.430. The molecule has 1 aromatic rings. The summed E-state index contributed by atoms with van der Waals surface area (Å²) in [5.74, 6) is -0.259. The second-order valence-corrected chi connectivity index (χ2v) is 7.12. The van der Waals surface area contributed by atoms with Gasteiger partial charge >= 0.3 is 0 Å². The Labute approximate surface area is 131 Å². The molecule has 4 nitrogen and oxygen atoms in total. The largest absolute Gasteiger partial charge is 0.348 e. The lowest BCUT2D eigenvalue weighted by atomic mass is 9.89. The molecule has 20 heavy (non-hydrogen) atoms. The third kappa shape index (κ3) is 2.66. The first-order chi connectivity index (χ1) is 9.61. The van der Waals surface area contributed by atoms with Crippen molar-refractivity contribution in [3.8, 4) is 0 Å². The topological polar surface area (TPSA) is 38.8 Å². The number of halogens is 1. The third-order valence-corrected chi connectivity index (χ3v) is 6.04. The van der Waals surface area contributed by atoms with E-state index < -0.39 is 0 Å². The summed E-state index contributed by atoms with van der Waals surface area (Å²) in [5.41, 5.74) is 0. The molecule has 0 unspecified atom stereocenters. The van der Waals surface area contributed by atoms with E-state index in [9.17, 15) is 4.79 Å². The fourth-order valence-corrected chi connectivity index (χ4v) is 4.51. The number of hydrogen-bond acceptors (Lipinski definition) is 4. The van der Waals surface area contributed by atoms with Crippen LogP contribution in [0.5, 0.6) is 0 Å². The highest BCUT2D eigenvalue weighted by atomic mass is 79.9. The van der Waals surface area contributed by atoms with Crippen LogP contribution in [0.4, 0.5) is 0 Å². The van der Waals surface area contributed by atoms with Crippen LogP contribution in [-0.4, -0.2) is 42.9 Å². The van der Waals surface area contributed by atoms with Crippen molar-refractivity contribution in [1.82, 2.24) is 4.90 Å². The summed E-state index contributed by atoms with van der Waals surface area (Å²) in [7, 11) is 1.90. The van der Waals surface area contributed by atoms with E-state index in [-0.39, 0.29) is 17.7 Å². The van der Waals surface area contributed by atoms with Crippen LogP contribution in [0.2, 0.25) is 0 Å². The molecule has 1 aromatic heterocycles. The minimum Gasteiger partial charge on any atom is -0.348 e. The molecule has 3 rings (SSSR count). The maximum Gasteiger partial charge on any atom is 0.265 e. The Bertz CT molecular complexity index is 488. The lowest BCUT2D eigenvalue weighted by Crippen LogP contribution is -2.44. The van der Waals surface area contributed by atoms with Gasteiger partial charge in [-0.1, -0.05) is 0 Å². The van der Waals surface area contributed by atoms with E-state index in [1.807, 2.05) is 23.4 Å². The Morgan fingerprint density at radius 1 is 1.40 bits per heavy atom. The van der Waals surface area contributed by atoms with Crippen LogP contribution in [-0.2, 0) is 9.47 Å². The average Bonchev–Trinajstić information content (AvgIpc) is 3.08. The predicted molar refractivity (Wildman–Crippen MR) is 81.0 cm³/mol. The maximum atomic E-state index is 12.5. The first kappa shape index (κ1) is 14.5. The van der Waals surface area contributed by atoms with E-state index in [2.05, 4.69) is 15.9 Å². The molecule has 1 aliphatic heterocycles. The molecule has 2 heterocycles. The Balaban J connectivity index is 1.63. The van der Waals surface area contributed by atoms with E-state index in [0.29, 0.717) is 13.2 Å². The molecular formula is C14H18BrNO3S. The molecular weight excluding hydrogens is 342 g/mol. The van der Waals surface area contributed by atoms with Crippen molar-refractivity contribution in [2.24, 2.45) is 0 Å². The van der Waals surface area contributed by atoms with E-state index in [4.69, 9.17) is 9.47 Å². The van der Waals surface area contributed by atoms with Gasteiger partial charge in [-0.05, 0) is 40.2 Å². The van der Waals surface area contributed by atoms with Gasteiger partial charge in [-0.3, -0.25) is 4.79 Å². The molecule has 6 heteroatoms. The Morgan fingerprint density at radius 2 is 2.05 bits per heavy atom. The van der Waals surface area contributed by atoms with Gasteiger partial charge in [0.1, 0.15) is 4.88 Å². The zero-order valence-electron chi connectivity index (χ0n) is 11.4. The summed E-state index contributed by atoms with van der Waals surface area (Å²) in [6.07, 6.45) is 3.62. The van der Waals surface area contributed by atoms with Crippen molar-refractivity contribution in [1.29, 1.82) is 0 Å². The summed E-state index contributed by atoms with van der Waals surface area (Å²) in [4.78, 5) is 15.1. The summed E-state index contributed by atoms with van der Waals surface area (Å²) >= 11 is 4.91. The molecule has 0 N–H and O–H groups in total. The number of amides is 1. The summed E-state index contributed by atoms with van der Waals surface area (Å²) in [6.45, 7) is 1.39. The predicted octanol–water partition coefficient (Wildman–Crippen LogP) is 3.27. The fourth-order valence-electron chi connectivity index (χ4n) is 2.99. The van der Waals surface area contributed by atoms with E-state index >= 15 is 0 Å². The summed E-state index contributed by atoms with van der Waals surface area (Å²) in [6, 6.07) is 2.19. The molecule has 2 aliphatic rings. The number of carbonyl (C=O) groups excluding carboxylic acids is 1. The number of nitrogens with zero attached hydrogens (tertiary/aromatic N) is 1. The second kappa shape index (κ2) is 5.75. The van der Waals surface area contributed by atoms with Crippen molar-refractivity contribution in [2.75, 3.05) is 20.3 Å². The molecule has 2 fully saturated rings. The van der Waals surface area contributed by atoms with Gasteiger partial charge in [-0.25, -0.2) is 0 Å². The Kier molecular flexibility index (Phi) is 4.17. The molecule has 1 amide bonds. The number of hydrogen-bond donors (Lipinski definition) is 0. The highest BCUT2D eigenvalue weighted by Crippen LogP contribution is 2.37. The monoisotopic (exact) mass is 359 g/mol. The van der Waals surface area contributed by atoms with Gasteiger partial charge in [0.2, 0.25) is 0 Å². The molecule has 1 spiro atoms. The van der Waals surface area contributed by atoms with Gasteiger partial charge in [0.15, 0.2) is 5.79 Å². The lowest BCUT2D eigenvalue weighted by Gasteiger charge is -2.38. The molecule has 1 saturated heterocycles. The van der Waals surface area contributed by atoms with Crippen LogP contribution >= 0.6 is 27.3 Å². The highest BCUT2D eigenvalue weighted by Gasteiger charge is 2.41.